The van der Waals surface area contributed by atoms with Crippen molar-refractivity contribution in [1.82, 2.24) is 37.2 Å². The van der Waals surface area contributed by atoms with Gasteiger partial charge < -0.3 is 53.2 Å². The lowest BCUT2D eigenvalue weighted by molar-refractivity contribution is -0.141. The molecule has 17 nitrogen and oxygen atoms in total. The summed E-state index contributed by atoms with van der Waals surface area (Å²) >= 11 is 0. The van der Waals surface area contributed by atoms with E-state index in [2.05, 4.69) is 37.2 Å². The van der Waals surface area contributed by atoms with Crippen molar-refractivity contribution in [3.63, 3.8) is 0 Å². The number of nitrogens with one attached hydrogen (secondary N) is 7. The molecular formula is C36H58N8O9. The van der Waals surface area contributed by atoms with Gasteiger partial charge in [-0.2, -0.15) is 0 Å². The van der Waals surface area contributed by atoms with E-state index >= 15 is 0 Å². The van der Waals surface area contributed by atoms with Crippen LogP contribution in [-0.2, 0) is 40.0 Å². The lowest BCUT2D eigenvalue weighted by Gasteiger charge is -2.29. The summed E-state index contributed by atoms with van der Waals surface area (Å²) in [7, 11) is 0. The third-order valence-corrected chi connectivity index (χ3v) is 8.72. The highest BCUT2D eigenvalue weighted by atomic mass is 16.4. The molecule has 1 aromatic rings. The minimum Gasteiger partial charge on any atom is -0.508 e. The van der Waals surface area contributed by atoms with Crippen molar-refractivity contribution in [3.05, 3.63) is 29.8 Å². The molecular weight excluding hydrogens is 688 g/mol. The van der Waals surface area contributed by atoms with E-state index in [1.54, 1.807) is 26.0 Å². The molecule has 6 amide bonds. The average Bonchev–Trinajstić information content (AvgIpc) is 3.64. The highest BCUT2D eigenvalue weighted by molar-refractivity contribution is 5.96. The number of hydrogen-bond acceptors (Lipinski definition) is 10. The molecule has 296 valence electrons. The number of carboxylic acid groups (broad SMARTS) is 1. The number of aromatic hydroxyl groups is 1. The van der Waals surface area contributed by atoms with Gasteiger partial charge in [-0.15, -0.1) is 0 Å². The van der Waals surface area contributed by atoms with Crippen LogP contribution < -0.4 is 43.0 Å². The molecule has 0 saturated carbocycles. The topological polar surface area (TPSA) is 270 Å². The lowest BCUT2D eigenvalue weighted by atomic mass is 9.98. The summed E-state index contributed by atoms with van der Waals surface area (Å²) in [5.41, 5.74) is 6.21. The fourth-order valence-corrected chi connectivity index (χ4v) is 5.68. The molecule has 1 fully saturated rings. The first kappa shape index (κ1) is 44.4. The van der Waals surface area contributed by atoms with E-state index < -0.39 is 71.6 Å². The Morgan fingerprint density at radius 1 is 0.811 bits per heavy atom. The molecule has 0 aliphatic carbocycles. The lowest BCUT2D eigenvalue weighted by Crippen LogP contribution is -2.60. The van der Waals surface area contributed by atoms with E-state index in [4.69, 9.17) is 5.73 Å². The quantitative estimate of drug-likeness (QED) is 0.0654. The molecule has 1 aliphatic heterocycles. The fraction of sp³-hybridized carbons (Fsp3) is 0.639. The molecule has 1 aromatic carbocycles. The number of nitrogens with two attached hydrogens (primary N) is 1. The Morgan fingerprint density at radius 2 is 1.43 bits per heavy atom. The predicted molar refractivity (Wildman–Crippen MR) is 196 cm³/mol. The van der Waals surface area contributed by atoms with Crippen LogP contribution in [0.1, 0.15) is 78.7 Å². The average molecular weight is 747 g/mol. The third kappa shape index (κ3) is 15.8. The van der Waals surface area contributed by atoms with Gasteiger partial charge in [-0.25, -0.2) is 0 Å². The molecule has 53 heavy (non-hydrogen) atoms. The Kier molecular flexibility index (Phi) is 18.7. The minimum absolute atomic E-state index is 0.00556. The maximum atomic E-state index is 13.8. The van der Waals surface area contributed by atoms with Crippen molar-refractivity contribution in [1.29, 1.82) is 0 Å². The van der Waals surface area contributed by atoms with E-state index in [0.29, 0.717) is 37.9 Å². The second-order valence-electron chi connectivity index (χ2n) is 14.2. The summed E-state index contributed by atoms with van der Waals surface area (Å²) in [6.07, 6.45) is 2.99. The van der Waals surface area contributed by atoms with Crippen LogP contribution in [0.15, 0.2) is 24.3 Å². The molecule has 0 aromatic heterocycles. The van der Waals surface area contributed by atoms with Crippen molar-refractivity contribution in [2.24, 2.45) is 17.6 Å². The van der Waals surface area contributed by atoms with Gasteiger partial charge in [0.2, 0.25) is 35.4 Å². The molecule has 1 saturated heterocycles. The zero-order valence-corrected chi connectivity index (χ0v) is 31.3. The van der Waals surface area contributed by atoms with Crippen molar-refractivity contribution in [2.45, 2.75) is 116 Å². The zero-order valence-electron chi connectivity index (χ0n) is 31.3. The monoisotopic (exact) mass is 746 g/mol. The Labute approximate surface area is 310 Å². The summed E-state index contributed by atoms with van der Waals surface area (Å²) in [5, 5.41) is 37.7. The summed E-state index contributed by atoms with van der Waals surface area (Å²) in [6.45, 7) is 9.12. The molecule has 2 rings (SSSR count). The molecule has 0 bridgehead atoms. The Balaban J connectivity index is 2.20. The summed E-state index contributed by atoms with van der Waals surface area (Å²) in [5.74, 6) is -5.48. The van der Waals surface area contributed by atoms with Crippen molar-refractivity contribution in [2.75, 3.05) is 19.6 Å². The number of phenols is 1. The summed E-state index contributed by atoms with van der Waals surface area (Å²) < 4.78 is 0. The first-order chi connectivity index (χ1) is 25.0. The second kappa shape index (κ2) is 22.3. The van der Waals surface area contributed by atoms with Crippen molar-refractivity contribution in [3.8, 4) is 5.75 Å². The van der Waals surface area contributed by atoms with E-state index in [1.807, 2.05) is 13.8 Å². The first-order valence-corrected chi connectivity index (χ1v) is 18.2. The van der Waals surface area contributed by atoms with Crippen LogP contribution in [0.4, 0.5) is 0 Å². The molecule has 1 aliphatic rings. The normalized spacial score (nSPS) is 16.8. The van der Waals surface area contributed by atoms with Crippen LogP contribution in [0, 0.1) is 11.8 Å². The molecule has 1 heterocycles. The van der Waals surface area contributed by atoms with Gasteiger partial charge in [0.25, 0.3) is 0 Å². The van der Waals surface area contributed by atoms with Gasteiger partial charge in [0.15, 0.2) is 0 Å². The largest absolute Gasteiger partial charge is 0.508 e. The van der Waals surface area contributed by atoms with E-state index in [1.165, 1.54) is 19.1 Å². The van der Waals surface area contributed by atoms with E-state index in [9.17, 15) is 43.8 Å². The summed E-state index contributed by atoms with van der Waals surface area (Å²) in [4.78, 5) is 90.8. The Hall–Kier alpha value is -4.77. The maximum Gasteiger partial charge on any atom is 0.325 e. The number of aliphatic carboxylic acids is 1. The number of benzene rings is 1. The van der Waals surface area contributed by atoms with Gasteiger partial charge in [0.1, 0.15) is 36.0 Å². The number of hydrogen-bond donors (Lipinski definition) is 10. The van der Waals surface area contributed by atoms with Gasteiger partial charge in [0, 0.05) is 6.42 Å². The van der Waals surface area contributed by atoms with Gasteiger partial charge in [-0.3, -0.25) is 33.6 Å². The molecule has 17 heteroatoms. The number of unbranched alkanes of at least 4 members (excludes halogenated alkanes) is 1. The predicted octanol–water partition coefficient (Wildman–Crippen LogP) is -0.837. The fourth-order valence-electron chi connectivity index (χ4n) is 5.68. The number of amides is 6. The second-order valence-corrected chi connectivity index (χ2v) is 14.2. The number of rotatable bonds is 22. The molecule has 6 atom stereocenters. The highest BCUT2D eigenvalue weighted by Crippen LogP contribution is 2.14. The smallest absolute Gasteiger partial charge is 0.325 e. The van der Waals surface area contributed by atoms with Crippen LogP contribution in [-0.4, -0.2) is 108 Å². The molecule has 0 unspecified atom stereocenters. The SMILES string of the molecule is CC(C)C[C@H](NC(=O)[C@H](CCCCN)NC(=O)CNC(=O)[C@@H]1CCCN1)C(=O)N[C@H](C(=O)N[C@@H](Cc1ccc(O)cc1)C(=O)N[C@@H](C)C(=O)O)C(C)C. The van der Waals surface area contributed by atoms with Gasteiger partial charge >= 0.3 is 5.97 Å². The van der Waals surface area contributed by atoms with Crippen LogP contribution in [0.5, 0.6) is 5.75 Å². The summed E-state index contributed by atoms with van der Waals surface area (Å²) in [6, 6.07) is -0.241. The number of carboxylic acids is 1. The van der Waals surface area contributed by atoms with Gasteiger partial charge in [-0.1, -0.05) is 39.8 Å². The van der Waals surface area contributed by atoms with Gasteiger partial charge in [0.05, 0.1) is 12.6 Å². The zero-order chi connectivity index (χ0) is 39.7. The maximum absolute atomic E-state index is 13.8. The third-order valence-electron chi connectivity index (χ3n) is 8.72. The molecule has 0 spiro atoms. The van der Waals surface area contributed by atoms with Crippen LogP contribution in [0.25, 0.3) is 0 Å². The number of carbonyl (C=O) groups excluding carboxylic acids is 6. The van der Waals surface area contributed by atoms with Crippen molar-refractivity contribution < 1.29 is 43.8 Å². The molecule has 11 N–H and O–H groups in total. The van der Waals surface area contributed by atoms with E-state index in [0.717, 1.165) is 6.42 Å². The number of phenolic OH excluding ortho intramolecular Hbond substituents is 1. The van der Waals surface area contributed by atoms with Crippen molar-refractivity contribution >= 4 is 41.4 Å². The van der Waals surface area contributed by atoms with Crippen LogP contribution in [0.2, 0.25) is 0 Å². The molecule has 0 radical (unpaired) electrons. The van der Waals surface area contributed by atoms with Crippen LogP contribution in [0.3, 0.4) is 0 Å². The van der Waals surface area contributed by atoms with Crippen LogP contribution >= 0.6 is 0 Å². The number of carbonyl (C=O) groups is 7. The Bertz CT molecular complexity index is 1400. The van der Waals surface area contributed by atoms with Gasteiger partial charge in [-0.05, 0) is 88.1 Å². The standard InChI is InChI=1S/C36H58N8O9/c1-20(2)17-27(42-32(48)26(9-6-7-15-37)41-29(46)19-39-31(47)25-10-8-16-38-25)34(50)44-30(21(3)4)35(51)43-28(33(49)40-22(5)36(52)53)18-23-11-13-24(45)14-12-23/h11-14,20-22,25-28,30,38,45H,6-10,15-19,37H2,1-5H3,(H,39,47)(H,40,49)(H,41,46)(H,42,48)(H,43,51)(H,44,50)(H,52,53)/t22-,25-,26-,27-,28-,30-/m0/s1. The first-order valence-electron chi connectivity index (χ1n) is 18.2. The minimum atomic E-state index is -1.27. The Morgan fingerprint density at radius 3 is 2.00 bits per heavy atom. The highest BCUT2D eigenvalue weighted by Gasteiger charge is 2.34. The van der Waals surface area contributed by atoms with E-state index in [-0.39, 0.29) is 49.4 Å².